The third-order valence-corrected chi connectivity index (χ3v) is 4.33. The molecule has 2 fully saturated rings. The van der Waals surface area contributed by atoms with Gasteiger partial charge < -0.3 is 10.1 Å². The van der Waals surface area contributed by atoms with E-state index in [4.69, 9.17) is 4.74 Å². The van der Waals surface area contributed by atoms with Gasteiger partial charge in [-0.15, -0.1) is 0 Å². The maximum Gasteiger partial charge on any atom is 0.407 e. The Labute approximate surface area is 109 Å². The van der Waals surface area contributed by atoms with Gasteiger partial charge in [0.2, 0.25) is 0 Å². The Morgan fingerprint density at radius 1 is 1.35 bits per heavy atom. The number of rotatable bonds is 1. The van der Waals surface area contributed by atoms with Crippen LogP contribution in [0.1, 0.15) is 30.7 Å². The summed E-state index contributed by atoms with van der Waals surface area (Å²) < 4.78 is 6.14. The summed E-state index contributed by atoms with van der Waals surface area (Å²) in [6, 6.07) is 8.46. The fourth-order valence-corrected chi connectivity index (χ4v) is 3.15. The van der Waals surface area contributed by atoms with Crippen LogP contribution in [0.25, 0.3) is 0 Å². The SMILES string of the molecule is O=C1N[C@@]2(CC[C@H](c3ccc(Br)cc3)C2)CO1. The van der Waals surface area contributed by atoms with Gasteiger partial charge in [-0.2, -0.15) is 0 Å². The first-order valence-corrected chi connectivity index (χ1v) is 6.67. The molecular formula is C13H14BrNO2. The van der Waals surface area contributed by atoms with Crippen molar-refractivity contribution in [2.75, 3.05) is 6.61 Å². The van der Waals surface area contributed by atoms with Crippen LogP contribution in [0.4, 0.5) is 4.79 Å². The molecule has 17 heavy (non-hydrogen) atoms. The van der Waals surface area contributed by atoms with Crippen molar-refractivity contribution in [2.45, 2.75) is 30.7 Å². The van der Waals surface area contributed by atoms with E-state index < -0.39 is 0 Å². The first kappa shape index (κ1) is 11.1. The molecule has 2 atom stereocenters. The van der Waals surface area contributed by atoms with Crippen LogP contribution in [-0.4, -0.2) is 18.2 Å². The van der Waals surface area contributed by atoms with Gasteiger partial charge in [0.15, 0.2) is 0 Å². The van der Waals surface area contributed by atoms with Gasteiger partial charge in [0.1, 0.15) is 6.61 Å². The Hall–Kier alpha value is -1.03. The number of carbonyl (C=O) groups is 1. The fraction of sp³-hybridized carbons (Fsp3) is 0.462. The van der Waals surface area contributed by atoms with Crippen molar-refractivity contribution in [2.24, 2.45) is 0 Å². The predicted octanol–water partition coefficient (Wildman–Crippen LogP) is 3.20. The van der Waals surface area contributed by atoms with Gasteiger partial charge in [0.25, 0.3) is 0 Å². The van der Waals surface area contributed by atoms with Gasteiger partial charge in [0, 0.05) is 4.47 Å². The highest BCUT2D eigenvalue weighted by Crippen LogP contribution is 2.42. The molecule has 1 heterocycles. The summed E-state index contributed by atoms with van der Waals surface area (Å²) in [7, 11) is 0. The Kier molecular flexibility index (Phi) is 2.62. The molecule has 4 heteroatoms. The number of ether oxygens (including phenoxy) is 1. The van der Waals surface area contributed by atoms with E-state index in [9.17, 15) is 4.79 Å². The van der Waals surface area contributed by atoms with Crippen molar-refractivity contribution >= 4 is 22.0 Å². The molecule has 0 aromatic heterocycles. The molecule has 90 valence electrons. The zero-order valence-electron chi connectivity index (χ0n) is 9.41. The topological polar surface area (TPSA) is 38.3 Å². The average molecular weight is 296 g/mol. The highest BCUT2D eigenvalue weighted by Gasteiger charge is 2.45. The lowest BCUT2D eigenvalue weighted by Crippen LogP contribution is -2.40. The predicted molar refractivity (Wildman–Crippen MR) is 67.9 cm³/mol. The summed E-state index contributed by atoms with van der Waals surface area (Å²) in [4.78, 5) is 11.2. The van der Waals surface area contributed by atoms with Crippen molar-refractivity contribution in [1.82, 2.24) is 5.32 Å². The highest BCUT2D eigenvalue weighted by molar-refractivity contribution is 9.10. The van der Waals surface area contributed by atoms with Crippen molar-refractivity contribution in [3.05, 3.63) is 34.3 Å². The van der Waals surface area contributed by atoms with Crippen LogP contribution >= 0.6 is 15.9 Å². The summed E-state index contributed by atoms with van der Waals surface area (Å²) in [6.45, 7) is 0.527. The van der Waals surface area contributed by atoms with Gasteiger partial charge in [0.05, 0.1) is 5.54 Å². The molecule has 2 aliphatic rings. The van der Waals surface area contributed by atoms with E-state index in [1.165, 1.54) is 5.56 Å². The molecule has 1 amide bonds. The first-order valence-electron chi connectivity index (χ1n) is 5.87. The average Bonchev–Trinajstić information content (AvgIpc) is 2.88. The lowest BCUT2D eigenvalue weighted by atomic mass is 9.93. The molecule has 1 aromatic rings. The molecule has 3 rings (SSSR count). The van der Waals surface area contributed by atoms with E-state index in [-0.39, 0.29) is 11.6 Å². The van der Waals surface area contributed by atoms with Crippen LogP contribution < -0.4 is 5.32 Å². The molecule has 0 radical (unpaired) electrons. The third kappa shape index (κ3) is 2.06. The molecule has 3 nitrogen and oxygen atoms in total. The Morgan fingerprint density at radius 3 is 2.76 bits per heavy atom. The van der Waals surface area contributed by atoms with Crippen LogP contribution in [0.2, 0.25) is 0 Å². The standard InChI is InChI=1S/C13H14BrNO2/c14-11-3-1-9(2-4-11)10-5-6-13(7-10)8-17-12(16)15-13/h1-4,10H,5-8H2,(H,15,16)/t10-,13+/m0/s1. The number of hydrogen-bond acceptors (Lipinski definition) is 2. The number of cyclic esters (lactones) is 1. The second kappa shape index (κ2) is 4.02. The van der Waals surface area contributed by atoms with E-state index in [2.05, 4.69) is 45.5 Å². The summed E-state index contributed by atoms with van der Waals surface area (Å²) >= 11 is 3.44. The van der Waals surface area contributed by atoms with Crippen LogP contribution in [0.5, 0.6) is 0 Å². The first-order chi connectivity index (χ1) is 8.17. The minimum absolute atomic E-state index is 0.102. The smallest absolute Gasteiger partial charge is 0.407 e. The van der Waals surface area contributed by atoms with E-state index >= 15 is 0 Å². The summed E-state index contributed by atoms with van der Waals surface area (Å²) in [5.74, 6) is 0.532. The van der Waals surface area contributed by atoms with E-state index in [0.717, 1.165) is 23.7 Å². The zero-order chi connectivity index (χ0) is 11.9. The number of alkyl carbamates (subject to hydrolysis) is 1. The van der Waals surface area contributed by atoms with Crippen LogP contribution in [0.3, 0.4) is 0 Å². The second-order valence-electron chi connectivity index (χ2n) is 4.97. The van der Waals surface area contributed by atoms with Gasteiger partial charge in [-0.25, -0.2) is 4.79 Å². The van der Waals surface area contributed by atoms with Crippen molar-refractivity contribution in [3.63, 3.8) is 0 Å². The molecule has 1 aliphatic heterocycles. The second-order valence-corrected chi connectivity index (χ2v) is 5.89. The molecule has 1 saturated heterocycles. The van der Waals surface area contributed by atoms with Crippen molar-refractivity contribution in [1.29, 1.82) is 0 Å². The summed E-state index contributed by atoms with van der Waals surface area (Å²) in [6.07, 6.45) is 2.85. The number of halogens is 1. The normalized spacial score (nSPS) is 31.6. The molecule has 1 N–H and O–H groups in total. The Bertz CT molecular complexity index is 445. The number of nitrogens with one attached hydrogen (secondary N) is 1. The maximum atomic E-state index is 11.2. The molecule has 0 bridgehead atoms. The lowest BCUT2D eigenvalue weighted by Gasteiger charge is -2.20. The van der Waals surface area contributed by atoms with E-state index in [1.54, 1.807) is 0 Å². The molecule has 1 spiro atoms. The lowest BCUT2D eigenvalue weighted by molar-refractivity contribution is 0.172. The monoisotopic (exact) mass is 295 g/mol. The van der Waals surface area contributed by atoms with Gasteiger partial charge >= 0.3 is 6.09 Å². The summed E-state index contributed by atoms with van der Waals surface area (Å²) in [5, 5.41) is 2.97. The van der Waals surface area contributed by atoms with Crippen LogP contribution in [0, 0.1) is 0 Å². The van der Waals surface area contributed by atoms with Crippen LogP contribution in [-0.2, 0) is 4.74 Å². The largest absolute Gasteiger partial charge is 0.447 e. The van der Waals surface area contributed by atoms with E-state index in [1.807, 2.05) is 0 Å². The van der Waals surface area contributed by atoms with Crippen molar-refractivity contribution in [3.8, 4) is 0 Å². The fourth-order valence-electron chi connectivity index (χ4n) is 2.88. The molecule has 1 saturated carbocycles. The Balaban J connectivity index is 1.76. The number of amides is 1. The van der Waals surface area contributed by atoms with Crippen molar-refractivity contribution < 1.29 is 9.53 Å². The van der Waals surface area contributed by atoms with Gasteiger partial charge in [-0.05, 0) is 42.9 Å². The third-order valence-electron chi connectivity index (χ3n) is 3.80. The maximum absolute atomic E-state index is 11.2. The molecule has 1 aliphatic carbocycles. The van der Waals surface area contributed by atoms with E-state index in [0.29, 0.717) is 12.5 Å². The molecule has 0 unspecified atom stereocenters. The number of carbonyl (C=O) groups excluding carboxylic acids is 1. The van der Waals surface area contributed by atoms with Crippen LogP contribution in [0.15, 0.2) is 28.7 Å². The number of benzene rings is 1. The summed E-state index contributed by atoms with van der Waals surface area (Å²) in [5.41, 5.74) is 1.25. The zero-order valence-corrected chi connectivity index (χ0v) is 11.0. The molecule has 1 aromatic carbocycles. The molecular weight excluding hydrogens is 282 g/mol. The Morgan fingerprint density at radius 2 is 2.12 bits per heavy atom. The number of hydrogen-bond donors (Lipinski definition) is 1. The quantitative estimate of drug-likeness (QED) is 0.864. The minimum Gasteiger partial charge on any atom is -0.447 e. The minimum atomic E-state index is -0.263. The highest BCUT2D eigenvalue weighted by atomic mass is 79.9. The van der Waals surface area contributed by atoms with Gasteiger partial charge in [-0.3, -0.25) is 0 Å². The van der Waals surface area contributed by atoms with Gasteiger partial charge in [-0.1, -0.05) is 28.1 Å².